The van der Waals surface area contributed by atoms with E-state index in [1.54, 1.807) is 11.3 Å². The lowest BCUT2D eigenvalue weighted by Crippen LogP contribution is -2.13. The number of nitrogens with one attached hydrogen (secondary N) is 1. The SMILES string of the molecule is O=C(CSc1nc2ccccc2s1)Nc1nc(-c2ccccc2)c(N=Nc2ccccc2)s1. The Kier molecular flexibility index (Phi) is 6.52. The van der Waals surface area contributed by atoms with Crippen molar-refractivity contribution in [2.24, 2.45) is 10.2 Å². The van der Waals surface area contributed by atoms with E-state index in [1.165, 1.54) is 23.1 Å². The van der Waals surface area contributed by atoms with Gasteiger partial charge < -0.3 is 5.32 Å². The first-order valence-electron chi connectivity index (χ1n) is 10.1. The number of hydrogen-bond acceptors (Lipinski definition) is 8. The Morgan fingerprint density at radius 2 is 1.58 bits per heavy atom. The van der Waals surface area contributed by atoms with E-state index in [0.29, 0.717) is 15.8 Å². The van der Waals surface area contributed by atoms with Gasteiger partial charge in [0.1, 0.15) is 5.69 Å². The maximum absolute atomic E-state index is 12.6. The Bertz CT molecular complexity index is 1380. The molecule has 5 rings (SSSR count). The first kappa shape index (κ1) is 21.4. The number of carbonyl (C=O) groups excluding carboxylic acids is 1. The van der Waals surface area contributed by atoms with Gasteiger partial charge in [0.2, 0.25) is 5.91 Å². The summed E-state index contributed by atoms with van der Waals surface area (Å²) in [7, 11) is 0. The number of aromatic nitrogens is 2. The summed E-state index contributed by atoms with van der Waals surface area (Å²) in [4.78, 5) is 21.8. The quantitative estimate of drug-likeness (QED) is 0.190. The molecule has 0 bridgehead atoms. The van der Waals surface area contributed by atoms with Gasteiger partial charge in [-0.1, -0.05) is 83.8 Å². The van der Waals surface area contributed by atoms with Crippen LogP contribution in [0, 0.1) is 0 Å². The van der Waals surface area contributed by atoms with Gasteiger partial charge >= 0.3 is 0 Å². The Hall–Kier alpha value is -3.40. The molecule has 0 saturated heterocycles. The Morgan fingerprint density at radius 3 is 2.36 bits per heavy atom. The summed E-state index contributed by atoms with van der Waals surface area (Å²) in [5.74, 6) is 0.111. The number of amides is 1. The van der Waals surface area contributed by atoms with Gasteiger partial charge in [0.25, 0.3) is 0 Å². The van der Waals surface area contributed by atoms with Gasteiger partial charge in [0.15, 0.2) is 14.5 Å². The molecule has 33 heavy (non-hydrogen) atoms. The van der Waals surface area contributed by atoms with Crippen LogP contribution in [0.2, 0.25) is 0 Å². The predicted molar refractivity (Wildman–Crippen MR) is 137 cm³/mol. The largest absolute Gasteiger partial charge is 0.301 e. The molecule has 0 aliphatic carbocycles. The highest BCUT2D eigenvalue weighted by molar-refractivity contribution is 8.01. The second kappa shape index (κ2) is 10.0. The minimum Gasteiger partial charge on any atom is -0.301 e. The second-order valence-corrected chi connectivity index (χ2v) is 10.1. The van der Waals surface area contributed by atoms with Crippen LogP contribution in [-0.2, 0) is 4.79 Å². The van der Waals surface area contributed by atoms with Gasteiger partial charge in [0, 0.05) is 5.56 Å². The third-order valence-electron chi connectivity index (χ3n) is 4.52. The number of carbonyl (C=O) groups is 1. The van der Waals surface area contributed by atoms with Gasteiger partial charge in [-0.05, 0) is 24.3 Å². The molecule has 9 heteroatoms. The average Bonchev–Trinajstić information content (AvgIpc) is 3.46. The standard InChI is InChI=1S/C24H17N5OS3/c30-20(15-31-24-25-18-13-7-8-14-19(18)32-24)26-23-27-21(16-9-3-1-4-10-16)22(33-23)29-28-17-11-5-2-6-12-17/h1-14H,15H2,(H,26,27,30). The fraction of sp³-hybridized carbons (Fsp3) is 0.0417. The van der Waals surface area contributed by atoms with E-state index in [0.717, 1.165) is 25.8 Å². The number of fused-ring (bicyclic) bond motifs is 1. The van der Waals surface area contributed by atoms with Crippen LogP contribution in [0.25, 0.3) is 21.5 Å². The number of anilines is 1. The van der Waals surface area contributed by atoms with Gasteiger partial charge in [-0.25, -0.2) is 9.97 Å². The highest BCUT2D eigenvalue weighted by Gasteiger charge is 2.16. The number of para-hydroxylation sites is 1. The molecule has 0 unspecified atom stereocenters. The van der Waals surface area contributed by atoms with E-state index < -0.39 is 0 Å². The van der Waals surface area contributed by atoms with Crippen molar-refractivity contribution in [1.29, 1.82) is 0 Å². The normalized spacial score (nSPS) is 11.3. The van der Waals surface area contributed by atoms with Crippen LogP contribution in [-0.4, -0.2) is 21.6 Å². The number of benzene rings is 3. The van der Waals surface area contributed by atoms with E-state index in [2.05, 4.69) is 25.5 Å². The van der Waals surface area contributed by atoms with Crippen LogP contribution in [0.1, 0.15) is 0 Å². The number of thioether (sulfide) groups is 1. The predicted octanol–water partition coefficient (Wildman–Crippen LogP) is 7.57. The Balaban J connectivity index is 1.32. The zero-order valence-corrected chi connectivity index (χ0v) is 19.7. The van der Waals surface area contributed by atoms with Gasteiger partial charge in [-0.15, -0.1) is 21.6 Å². The molecule has 0 aliphatic heterocycles. The zero-order valence-electron chi connectivity index (χ0n) is 17.2. The lowest BCUT2D eigenvalue weighted by atomic mass is 10.2. The molecule has 6 nitrogen and oxygen atoms in total. The maximum atomic E-state index is 12.6. The van der Waals surface area contributed by atoms with Crippen molar-refractivity contribution in [3.8, 4) is 11.3 Å². The first-order chi connectivity index (χ1) is 16.2. The zero-order chi connectivity index (χ0) is 22.5. The molecule has 162 valence electrons. The fourth-order valence-electron chi connectivity index (χ4n) is 3.01. The Labute approximate surface area is 202 Å². The Morgan fingerprint density at radius 1 is 0.848 bits per heavy atom. The molecule has 0 saturated carbocycles. The molecule has 2 heterocycles. The van der Waals surface area contributed by atoms with Crippen LogP contribution in [0.15, 0.2) is 99.5 Å². The number of rotatable bonds is 7. The highest BCUT2D eigenvalue weighted by Crippen LogP contribution is 2.39. The molecule has 0 spiro atoms. The van der Waals surface area contributed by atoms with Crippen LogP contribution in [0.4, 0.5) is 15.8 Å². The molecule has 3 aromatic carbocycles. The smallest absolute Gasteiger partial charge is 0.236 e. The van der Waals surface area contributed by atoms with Crippen molar-refractivity contribution < 1.29 is 4.79 Å². The summed E-state index contributed by atoms with van der Waals surface area (Å²) in [5, 5.41) is 12.8. The van der Waals surface area contributed by atoms with Crippen LogP contribution in [0.5, 0.6) is 0 Å². The van der Waals surface area contributed by atoms with Crippen molar-refractivity contribution in [2.45, 2.75) is 4.34 Å². The van der Waals surface area contributed by atoms with E-state index in [-0.39, 0.29) is 11.7 Å². The van der Waals surface area contributed by atoms with Crippen molar-refractivity contribution in [3.63, 3.8) is 0 Å². The minimum atomic E-state index is -0.140. The summed E-state index contributed by atoms with van der Waals surface area (Å²) in [6.45, 7) is 0. The fourth-order valence-corrected chi connectivity index (χ4v) is 5.71. The summed E-state index contributed by atoms with van der Waals surface area (Å²) < 4.78 is 1.98. The van der Waals surface area contributed by atoms with Gasteiger partial charge in [-0.3, -0.25) is 4.79 Å². The summed E-state index contributed by atoms with van der Waals surface area (Å²) in [6.07, 6.45) is 0. The molecule has 1 N–H and O–H groups in total. The van der Waals surface area contributed by atoms with Gasteiger partial charge in [-0.2, -0.15) is 0 Å². The number of nitrogens with zero attached hydrogens (tertiary/aromatic N) is 4. The number of hydrogen-bond donors (Lipinski definition) is 1. The summed E-state index contributed by atoms with van der Waals surface area (Å²) in [5.41, 5.74) is 3.31. The molecule has 2 aromatic heterocycles. The molecular weight excluding hydrogens is 470 g/mol. The van der Waals surface area contributed by atoms with Crippen molar-refractivity contribution in [1.82, 2.24) is 9.97 Å². The van der Waals surface area contributed by atoms with Crippen LogP contribution in [0.3, 0.4) is 0 Å². The van der Waals surface area contributed by atoms with Crippen LogP contribution < -0.4 is 5.32 Å². The summed E-state index contributed by atoms with van der Waals surface area (Å²) >= 11 is 4.31. The van der Waals surface area contributed by atoms with Crippen molar-refractivity contribution >= 4 is 66.4 Å². The third-order valence-corrected chi connectivity index (χ3v) is 7.55. The monoisotopic (exact) mass is 487 g/mol. The van der Waals surface area contributed by atoms with Crippen LogP contribution >= 0.6 is 34.4 Å². The molecule has 0 fully saturated rings. The maximum Gasteiger partial charge on any atom is 0.236 e. The average molecular weight is 488 g/mol. The van der Waals surface area contributed by atoms with Gasteiger partial charge in [0.05, 0.1) is 21.7 Å². The molecule has 5 aromatic rings. The lowest BCUT2D eigenvalue weighted by molar-refractivity contribution is -0.113. The van der Waals surface area contributed by atoms with E-state index in [4.69, 9.17) is 0 Å². The molecule has 0 aliphatic rings. The van der Waals surface area contributed by atoms with Crippen molar-refractivity contribution in [3.05, 3.63) is 84.9 Å². The topological polar surface area (TPSA) is 79.6 Å². The number of azo groups is 1. The number of thiazole rings is 2. The molecule has 0 atom stereocenters. The first-order valence-corrected chi connectivity index (χ1v) is 12.7. The second-order valence-electron chi connectivity index (χ2n) is 6.86. The van der Waals surface area contributed by atoms with E-state index in [9.17, 15) is 4.79 Å². The minimum absolute atomic E-state index is 0.140. The van der Waals surface area contributed by atoms with E-state index >= 15 is 0 Å². The van der Waals surface area contributed by atoms with Crippen molar-refractivity contribution in [2.75, 3.05) is 11.1 Å². The molecular formula is C24H17N5OS3. The highest BCUT2D eigenvalue weighted by atomic mass is 32.2. The van der Waals surface area contributed by atoms with E-state index in [1.807, 2.05) is 84.9 Å². The third kappa shape index (κ3) is 5.33. The summed E-state index contributed by atoms with van der Waals surface area (Å²) in [6, 6.07) is 27.2. The lowest BCUT2D eigenvalue weighted by Gasteiger charge is -1.99. The molecule has 1 amide bonds. The molecule has 0 radical (unpaired) electrons.